The number of thiophene rings is 1. The van der Waals surface area contributed by atoms with Gasteiger partial charge in [0.25, 0.3) is 11.8 Å². The molecule has 0 radical (unpaired) electrons. The minimum absolute atomic E-state index is 0.00317. The first-order valence-corrected chi connectivity index (χ1v) is 16.7. The summed E-state index contributed by atoms with van der Waals surface area (Å²) >= 11 is 4.31. The van der Waals surface area contributed by atoms with E-state index in [0.29, 0.717) is 33.4 Å². The van der Waals surface area contributed by atoms with Crippen molar-refractivity contribution >= 4 is 69.1 Å². The molecule has 0 fully saturated rings. The SMILES string of the molecule is COc1ccc(OC)c(/C=C(/NC(=O)c2ccccc2)C(=O)Nc2cccc(SC(C)C(=O)Nc3nc(-c4cccs4)cs3)c2)c1. The van der Waals surface area contributed by atoms with Crippen molar-refractivity contribution in [2.45, 2.75) is 17.1 Å². The van der Waals surface area contributed by atoms with Crippen LogP contribution in [0.15, 0.2) is 106 Å². The van der Waals surface area contributed by atoms with Crippen LogP contribution in [0.4, 0.5) is 10.8 Å². The standard InChI is InChI=1S/C34H30N4O5S3/c1-21(31(39)38-34-37-28(20-45-34)30-13-8-16-44-30)46-26-12-7-11-24(19-26)35-33(41)27(36-32(40)22-9-5-4-6-10-22)18-23-17-25(42-2)14-15-29(23)43-3/h4-21H,1-3H3,(H,35,41)(H,36,40)(H,37,38,39)/b27-18+. The van der Waals surface area contributed by atoms with Crippen molar-refractivity contribution in [3.63, 3.8) is 0 Å². The second kappa shape index (κ2) is 15.4. The molecule has 3 N–H and O–H groups in total. The minimum atomic E-state index is -0.549. The van der Waals surface area contributed by atoms with Gasteiger partial charge in [0.15, 0.2) is 5.13 Å². The Morgan fingerprint density at radius 1 is 0.891 bits per heavy atom. The molecular weight excluding hydrogens is 641 g/mol. The van der Waals surface area contributed by atoms with Crippen LogP contribution in [0.1, 0.15) is 22.8 Å². The molecule has 0 spiro atoms. The molecule has 0 aliphatic heterocycles. The molecule has 2 heterocycles. The van der Waals surface area contributed by atoms with Gasteiger partial charge in [-0.05, 0) is 73.0 Å². The molecule has 0 saturated carbocycles. The third kappa shape index (κ3) is 8.42. The smallest absolute Gasteiger partial charge is 0.272 e. The molecule has 0 aliphatic rings. The summed E-state index contributed by atoms with van der Waals surface area (Å²) in [5, 5.41) is 12.5. The van der Waals surface area contributed by atoms with Crippen LogP contribution in [-0.2, 0) is 9.59 Å². The zero-order chi connectivity index (χ0) is 32.5. The van der Waals surface area contributed by atoms with Crippen molar-refractivity contribution in [3.8, 4) is 22.1 Å². The van der Waals surface area contributed by atoms with Gasteiger partial charge in [-0.1, -0.05) is 30.3 Å². The number of anilines is 2. The largest absolute Gasteiger partial charge is 0.497 e. The summed E-state index contributed by atoms with van der Waals surface area (Å²) in [6, 6.07) is 24.9. The van der Waals surface area contributed by atoms with Crippen LogP contribution >= 0.6 is 34.4 Å². The van der Waals surface area contributed by atoms with Crippen molar-refractivity contribution in [1.82, 2.24) is 10.3 Å². The van der Waals surface area contributed by atoms with E-state index in [9.17, 15) is 14.4 Å². The highest BCUT2D eigenvalue weighted by atomic mass is 32.2. The molecule has 1 atom stereocenters. The molecule has 2 aromatic heterocycles. The van der Waals surface area contributed by atoms with Gasteiger partial charge in [0.1, 0.15) is 17.2 Å². The number of nitrogens with zero attached hydrogens (tertiary/aromatic N) is 1. The molecule has 1 unspecified atom stereocenters. The number of rotatable bonds is 12. The Morgan fingerprint density at radius 2 is 1.72 bits per heavy atom. The first-order chi connectivity index (χ1) is 22.3. The van der Waals surface area contributed by atoms with E-state index in [-0.39, 0.29) is 11.6 Å². The Kier molecular flexibility index (Phi) is 10.9. The van der Waals surface area contributed by atoms with E-state index < -0.39 is 17.1 Å². The molecule has 9 nitrogen and oxygen atoms in total. The Morgan fingerprint density at radius 3 is 2.46 bits per heavy atom. The average molecular weight is 671 g/mol. The molecule has 5 rings (SSSR count). The monoisotopic (exact) mass is 670 g/mol. The second-order valence-electron chi connectivity index (χ2n) is 9.73. The van der Waals surface area contributed by atoms with E-state index in [0.717, 1.165) is 15.5 Å². The number of thioether (sulfide) groups is 1. The van der Waals surface area contributed by atoms with Crippen LogP contribution in [0.2, 0.25) is 0 Å². The highest BCUT2D eigenvalue weighted by Gasteiger charge is 2.19. The number of benzene rings is 3. The van der Waals surface area contributed by atoms with Gasteiger partial charge in [0.2, 0.25) is 5.91 Å². The number of hydrogen-bond acceptors (Lipinski definition) is 9. The highest BCUT2D eigenvalue weighted by molar-refractivity contribution is 8.00. The fourth-order valence-corrected chi connectivity index (χ4v) is 6.63. The van der Waals surface area contributed by atoms with Gasteiger partial charge in [-0.15, -0.1) is 34.4 Å². The average Bonchev–Trinajstić information content (AvgIpc) is 3.78. The van der Waals surface area contributed by atoms with Gasteiger partial charge in [0, 0.05) is 27.1 Å². The zero-order valence-corrected chi connectivity index (χ0v) is 27.6. The molecule has 0 bridgehead atoms. The van der Waals surface area contributed by atoms with E-state index in [1.807, 2.05) is 29.0 Å². The van der Waals surface area contributed by atoms with Gasteiger partial charge in [-0.25, -0.2) is 4.98 Å². The quantitative estimate of drug-likeness (QED) is 0.0934. The maximum atomic E-state index is 13.6. The number of amides is 3. The number of hydrogen-bond donors (Lipinski definition) is 3. The molecule has 0 saturated heterocycles. The van der Waals surface area contributed by atoms with Gasteiger partial charge < -0.3 is 25.4 Å². The summed E-state index contributed by atoms with van der Waals surface area (Å²) < 4.78 is 10.8. The van der Waals surface area contributed by atoms with E-state index in [1.54, 1.807) is 85.0 Å². The fourth-order valence-electron chi connectivity index (χ4n) is 4.23. The van der Waals surface area contributed by atoms with Crippen molar-refractivity contribution in [2.75, 3.05) is 24.9 Å². The van der Waals surface area contributed by atoms with Crippen LogP contribution in [-0.4, -0.2) is 42.2 Å². The van der Waals surface area contributed by atoms with Gasteiger partial charge in [0.05, 0.1) is 30.0 Å². The number of ether oxygens (including phenoxy) is 2. The molecule has 3 aromatic carbocycles. The number of thiazole rings is 1. The molecular formula is C34H30N4O5S3. The predicted molar refractivity (Wildman–Crippen MR) is 186 cm³/mol. The van der Waals surface area contributed by atoms with Crippen LogP contribution < -0.4 is 25.4 Å². The summed E-state index contributed by atoms with van der Waals surface area (Å²) in [6.45, 7) is 1.81. The minimum Gasteiger partial charge on any atom is -0.497 e. The second-order valence-corrected chi connectivity index (χ2v) is 13.0. The lowest BCUT2D eigenvalue weighted by atomic mass is 10.1. The molecule has 46 heavy (non-hydrogen) atoms. The molecule has 5 aromatic rings. The Bertz CT molecular complexity index is 1860. The van der Waals surface area contributed by atoms with E-state index in [1.165, 1.54) is 43.4 Å². The molecule has 12 heteroatoms. The number of methoxy groups -OCH3 is 2. The lowest BCUT2D eigenvalue weighted by Gasteiger charge is -2.14. The van der Waals surface area contributed by atoms with Gasteiger partial charge in [-0.2, -0.15) is 0 Å². The summed E-state index contributed by atoms with van der Waals surface area (Å²) in [5.74, 6) is -0.135. The molecule has 3 amide bonds. The van der Waals surface area contributed by atoms with Crippen LogP contribution in [0, 0.1) is 0 Å². The molecule has 0 aliphatic carbocycles. The van der Waals surface area contributed by atoms with Crippen LogP contribution in [0.5, 0.6) is 11.5 Å². The maximum absolute atomic E-state index is 13.6. The third-order valence-corrected chi connectivity index (χ3v) is 9.29. The topological polar surface area (TPSA) is 119 Å². The number of nitrogens with one attached hydrogen (secondary N) is 3. The van der Waals surface area contributed by atoms with Crippen molar-refractivity contribution in [3.05, 3.63) is 113 Å². The lowest BCUT2D eigenvalue weighted by molar-refractivity contribution is -0.115. The van der Waals surface area contributed by atoms with Crippen molar-refractivity contribution < 1.29 is 23.9 Å². The lowest BCUT2D eigenvalue weighted by Crippen LogP contribution is -2.30. The van der Waals surface area contributed by atoms with E-state index in [2.05, 4.69) is 20.9 Å². The third-order valence-electron chi connectivity index (χ3n) is 6.55. The molecule has 234 valence electrons. The zero-order valence-electron chi connectivity index (χ0n) is 25.1. The predicted octanol–water partition coefficient (Wildman–Crippen LogP) is 7.42. The Labute approximate surface area is 278 Å². The summed E-state index contributed by atoms with van der Waals surface area (Å²) in [5.41, 5.74) is 2.24. The van der Waals surface area contributed by atoms with Gasteiger partial charge in [-0.3, -0.25) is 14.4 Å². The Balaban J connectivity index is 1.30. The summed E-state index contributed by atoms with van der Waals surface area (Å²) in [6.07, 6.45) is 1.53. The number of aromatic nitrogens is 1. The first-order valence-electron chi connectivity index (χ1n) is 14.0. The van der Waals surface area contributed by atoms with Crippen molar-refractivity contribution in [1.29, 1.82) is 0 Å². The summed E-state index contributed by atoms with van der Waals surface area (Å²) in [4.78, 5) is 46.0. The number of carbonyl (C=O) groups is 3. The maximum Gasteiger partial charge on any atom is 0.272 e. The highest BCUT2D eigenvalue weighted by Crippen LogP contribution is 2.31. The summed E-state index contributed by atoms with van der Waals surface area (Å²) in [7, 11) is 3.06. The van der Waals surface area contributed by atoms with E-state index >= 15 is 0 Å². The van der Waals surface area contributed by atoms with Crippen molar-refractivity contribution in [2.24, 2.45) is 0 Å². The normalized spacial score (nSPS) is 11.8. The first kappa shape index (κ1) is 32.5. The van der Waals surface area contributed by atoms with E-state index in [4.69, 9.17) is 9.47 Å². The number of carbonyl (C=O) groups excluding carboxylic acids is 3. The van der Waals surface area contributed by atoms with Crippen LogP contribution in [0.3, 0.4) is 0 Å². The Hall–Kier alpha value is -4.91. The van der Waals surface area contributed by atoms with Gasteiger partial charge >= 0.3 is 0 Å². The van der Waals surface area contributed by atoms with Crippen LogP contribution in [0.25, 0.3) is 16.6 Å². The fraction of sp³-hybridized carbons (Fsp3) is 0.118.